The van der Waals surface area contributed by atoms with E-state index >= 15 is 0 Å². The number of hydrogen-bond acceptors (Lipinski definition) is 4. The summed E-state index contributed by atoms with van der Waals surface area (Å²) in [5.41, 5.74) is 0.413. The fourth-order valence-electron chi connectivity index (χ4n) is 3.59. The van der Waals surface area contributed by atoms with Gasteiger partial charge in [-0.15, -0.1) is 0 Å². The number of hydrogen-bond donors (Lipinski definition) is 1. The average Bonchev–Trinajstić information content (AvgIpc) is 2.63. The lowest BCUT2D eigenvalue weighted by Crippen LogP contribution is -2.55. The van der Waals surface area contributed by atoms with E-state index in [1.165, 1.54) is 0 Å². The van der Waals surface area contributed by atoms with Crippen LogP contribution in [0.2, 0.25) is 0 Å². The molecule has 2 aliphatic rings. The Morgan fingerprint density at radius 3 is 2.29 bits per heavy atom. The van der Waals surface area contributed by atoms with Gasteiger partial charge in [0.05, 0.1) is 5.54 Å². The van der Waals surface area contributed by atoms with Crippen molar-refractivity contribution >= 4 is 17.7 Å². The van der Waals surface area contributed by atoms with Crippen LogP contribution in [-0.2, 0) is 9.53 Å². The molecule has 28 heavy (non-hydrogen) atoms. The molecule has 0 radical (unpaired) electrons. The zero-order chi connectivity index (χ0) is 20.4. The van der Waals surface area contributed by atoms with Gasteiger partial charge in [-0.2, -0.15) is 0 Å². The minimum atomic E-state index is -0.554. The quantitative estimate of drug-likeness (QED) is 0.606. The van der Waals surface area contributed by atoms with Gasteiger partial charge in [-0.25, -0.2) is 4.79 Å². The molecule has 1 fully saturated rings. The number of ketones is 2. The van der Waals surface area contributed by atoms with E-state index in [1.807, 2.05) is 39.0 Å². The molecule has 0 heterocycles. The average molecular weight is 381 g/mol. The maximum absolute atomic E-state index is 12.6. The van der Waals surface area contributed by atoms with Crippen molar-refractivity contribution < 1.29 is 19.1 Å². The Balaban J connectivity index is 1.66. The summed E-state index contributed by atoms with van der Waals surface area (Å²) in [5.74, 6) is -1.33. The highest BCUT2D eigenvalue weighted by atomic mass is 16.6. The number of alkyl carbamates (subject to hydrolysis) is 1. The van der Waals surface area contributed by atoms with Gasteiger partial charge in [0.1, 0.15) is 5.60 Å². The minimum absolute atomic E-state index is 0.402. The van der Waals surface area contributed by atoms with E-state index in [0.29, 0.717) is 12.0 Å². The number of nitrogens with one attached hydrogen (secondary N) is 1. The molecule has 1 saturated carbocycles. The standard InChI is InChI=1S/C23H27NO4/c1-22(2,3)28-21(27)24-23(14-7-15-23)18-12-10-17(11-13-18)20(26)19(25)16-8-5-4-6-9-16/h4-6,8-10,12-13,17H,7,11,14-15H2,1-3H3,(H,24,27). The van der Waals surface area contributed by atoms with Gasteiger partial charge in [0.25, 0.3) is 0 Å². The van der Waals surface area contributed by atoms with Gasteiger partial charge in [-0.05, 0) is 52.0 Å². The topological polar surface area (TPSA) is 72.5 Å². The summed E-state index contributed by atoms with van der Waals surface area (Å²) in [4.78, 5) is 37.2. The zero-order valence-electron chi connectivity index (χ0n) is 16.7. The van der Waals surface area contributed by atoms with Crippen LogP contribution in [0.4, 0.5) is 4.79 Å². The van der Waals surface area contributed by atoms with Crippen LogP contribution in [0, 0.1) is 5.92 Å². The molecule has 0 bridgehead atoms. The molecule has 1 unspecified atom stereocenters. The first-order valence-electron chi connectivity index (χ1n) is 9.74. The lowest BCUT2D eigenvalue weighted by Gasteiger charge is -2.44. The summed E-state index contributed by atoms with van der Waals surface area (Å²) in [6.07, 6.45) is 8.36. The smallest absolute Gasteiger partial charge is 0.408 e. The number of ether oxygens (including phenoxy) is 1. The summed E-state index contributed by atoms with van der Waals surface area (Å²) < 4.78 is 5.40. The molecule has 0 aliphatic heterocycles. The Morgan fingerprint density at radius 2 is 1.79 bits per heavy atom. The van der Waals surface area contributed by atoms with E-state index in [4.69, 9.17) is 4.74 Å². The van der Waals surface area contributed by atoms with Crippen LogP contribution < -0.4 is 5.32 Å². The van der Waals surface area contributed by atoms with E-state index in [9.17, 15) is 14.4 Å². The molecule has 0 aromatic heterocycles. The molecule has 2 aliphatic carbocycles. The molecular weight excluding hydrogens is 354 g/mol. The maximum Gasteiger partial charge on any atom is 0.408 e. The van der Waals surface area contributed by atoms with Crippen molar-refractivity contribution in [1.82, 2.24) is 5.32 Å². The summed E-state index contributed by atoms with van der Waals surface area (Å²) in [6.45, 7) is 5.50. The van der Waals surface area contributed by atoms with Crippen LogP contribution >= 0.6 is 0 Å². The fraction of sp³-hybridized carbons (Fsp3) is 0.435. The Hall–Kier alpha value is -2.69. The molecule has 1 aromatic rings. The van der Waals surface area contributed by atoms with Crippen molar-refractivity contribution in [3.05, 3.63) is 59.7 Å². The van der Waals surface area contributed by atoms with E-state index in [2.05, 4.69) is 5.32 Å². The third-order valence-corrected chi connectivity index (χ3v) is 5.20. The lowest BCUT2D eigenvalue weighted by atomic mass is 9.69. The number of benzene rings is 1. The summed E-state index contributed by atoms with van der Waals surface area (Å²) in [6, 6.07) is 8.62. The number of carbonyl (C=O) groups excluding carboxylic acids is 3. The molecule has 1 aromatic carbocycles. The highest BCUT2D eigenvalue weighted by Gasteiger charge is 2.42. The molecule has 5 heteroatoms. The Morgan fingerprint density at radius 1 is 1.11 bits per heavy atom. The predicted octanol–water partition coefficient (Wildman–Crippen LogP) is 4.39. The molecule has 1 N–H and O–H groups in total. The first-order valence-corrected chi connectivity index (χ1v) is 9.74. The number of amides is 1. The van der Waals surface area contributed by atoms with Crippen LogP contribution in [0.15, 0.2) is 54.1 Å². The van der Waals surface area contributed by atoms with E-state index in [1.54, 1.807) is 30.3 Å². The number of allylic oxidation sites excluding steroid dienone is 2. The second kappa shape index (κ2) is 7.74. The van der Waals surface area contributed by atoms with Gasteiger partial charge in [-0.3, -0.25) is 9.59 Å². The van der Waals surface area contributed by atoms with Gasteiger partial charge >= 0.3 is 6.09 Å². The van der Waals surface area contributed by atoms with Crippen molar-refractivity contribution in [1.29, 1.82) is 0 Å². The highest BCUT2D eigenvalue weighted by Crippen LogP contribution is 2.41. The number of carbonyl (C=O) groups is 3. The van der Waals surface area contributed by atoms with E-state index in [-0.39, 0.29) is 0 Å². The molecule has 0 spiro atoms. The largest absolute Gasteiger partial charge is 0.444 e. The van der Waals surface area contributed by atoms with Gasteiger partial charge < -0.3 is 10.1 Å². The summed E-state index contributed by atoms with van der Waals surface area (Å²) in [7, 11) is 0. The minimum Gasteiger partial charge on any atom is -0.444 e. The molecule has 1 atom stereocenters. The van der Waals surface area contributed by atoms with Crippen LogP contribution in [-0.4, -0.2) is 28.8 Å². The molecule has 0 saturated heterocycles. The monoisotopic (exact) mass is 381 g/mol. The first-order chi connectivity index (χ1) is 13.2. The fourth-order valence-corrected chi connectivity index (χ4v) is 3.59. The SMILES string of the molecule is CC(C)(C)OC(=O)NC1(C2=CCC(C(=O)C(=O)c3ccccc3)C=C2)CCC1. The van der Waals surface area contributed by atoms with Crippen LogP contribution in [0.5, 0.6) is 0 Å². The maximum atomic E-state index is 12.6. The van der Waals surface area contributed by atoms with Crippen LogP contribution in [0.25, 0.3) is 0 Å². The molecule has 5 nitrogen and oxygen atoms in total. The molecular formula is C23H27NO4. The van der Waals surface area contributed by atoms with Crippen molar-refractivity contribution in [2.75, 3.05) is 0 Å². The third-order valence-electron chi connectivity index (χ3n) is 5.20. The van der Waals surface area contributed by atoms with Gasteiger partial charge in [0, 0.05) is 11.5 Å². The normalized spacial score (nSPS) is 20.5. The predicted molar refractivity (Wildman–Crippen MR) is 107 cm³/mol. The second-order valence-corrected chi connectivity index (χ2v) is 8.48. The van der Waals surface area contributed by atoms with Crippen molar-refractivity contribution in [2.24, 2.45) is 5.92 Å². The molecule has 148 valence electrons. The molecule has 1 amide bonds. The lowest BCUT2D eigenvalue weighted by molar-refractivity contribution is -0.117. The summed E-state index contributed by atoms with van der Waals surface area (Å²) in [5, 5.41) is 3.02. The number of rotatable bonds is 5. The van der Waals surface area contributed by atoms with E-state index in [0.717, 1.165) is 24.8 Å². The summed E-state index contributed by atoms with van der Waals surface area (Å²) >= 11 is 0. The third kappa shape index (κ3) is 4.41. The van der Waals surface area contributed by atoms with Gasteiger partial charge in [-0.1, -0.05) is 48.6 Å². The zero-order valence-corrected chi connectivity index (χ0v) is 16.7. The Kier molecular flexibility index (Phi) is 5.54. The van der Waals surface area contributed by atoms with E-state index < -0.39 is 34.7 Å². The Bertz CT molecular complexity index is 826. The second-order valence-electron chi connectivity index (χ2n) is 8.48. The molecule has 3 rings (SSSR count). The highest BCUT2D eigenvalue weighted by molar-refractivity contribution is 6.44. The Labute approximate surface area is 165 Å². The first kappa shape index (κ1) is 20.1. The van der Waals surface area contributed by atoms with Gasteiger partial charge in [0.2, 0.25) is 11.6 Å². The van der Waals surface area contributed by atoms with Crippen molar-refractivity contribution in [2.45, 2.75) is 57.6 Å². The van der Waals surface area contributed by atoms with Crippen LogP contribution in [0.3, 0.4) is 0 Å². The van der Waals surface area contributed by atoms with Crippen molar-refractivity contribution in [3.8, 4) is 0 Å². The van der Waals surface area contributed by atoms with Gasteiger partial charge in [0.15, 0.2) is 0 Å². The van der Waals surface area contributed by atoms with Crippen LogP contribution in [0.1, 0.15) is 56.8 Å². The number of Topliss-reactive ketones (excluding diaryl/α,β-unsaturated/α-hetero) is 2. The van der Waals surface area contributed by atoms with Crippen molar-refractivity contribution in [3.63, 3.8) is 0 Å².